The largest absolute Gasteiger partial charge is 0.446 e. The molecule has 1 aromatic carbocycles. The van der Waals surface area contributed by atoms with Crippen LogP contribution in [-0.2, 0) is 9.53 Å². The van der Waals surface area contributed by atoms with E-state index < -0.39 is 6.09 Å². The molecule has 0 spiro atoms. The maximum absolute atomic E-state index is 13.3. The lowest BCUT2D eigenvalue weighted by Crippen LogP contribution is -2.43. The summed E-state index contributed by atoms with van der Waals surface area (Å²) in [5, 5.41) is 0. The van der Waals surface area contributed by atoms with Crippen LogP contribution < -0.4 is 4.90 Å². The van der Waals surface area contributed by atoms with Crippen LogP contribution in [0.3, 0.4) is 0 Å². The number of aryl methyl sites for hydroxylation is 2. The van der Waals surface area contributed by atoms with Gasteiger partial charge in [0.15, 0.2) is 0 Å². The van der Waals surface area contributed by atoms with Crippen LogP contribution in [0.4, 0.5) is 10.7 Å². The Morgan fingerprint density at radius 1 is 0.925 bits per heavy atom. The lowest BCUT2D eigenvalue weighted by Gasteiger charge is -2.32. The first-order valence-electron chi connectivity index (χ1n) is 14.4. The molecule has 0 radical (unpaired) electrons. The van der Waals surface area contributed by atoms with Crippen LogP contribution in [0.1, 0.15) is 47.7 Å². The molecule has 3 fully saturated rings. The summed E-state index contributed by atoms with van der Waals surface area (Å²) in [7, 11) is 0. The lowest BCUT2D eigenvalue weighted by atomic mass is 10.0. The third kappa shape index (κ3) is 6.27. The first-order valence-corrected chi connectivity index (χ1v) is 14.4. The molecule has 3 aliphatic heterocycles. The summed E-state index contributed by atoms with van der Waals surface area (Å²) in [4.78, 5) is 54.4. The van der Waals surface area contributed by atoms with E-state index in [-0.39, 0.29) is 17.9 Å². The highest BCUT2D eigenvalue weighted by molar-refractivity contribution is 5.97. The van der Waals surface area contributed by atoms with Gasteiger partial charge in [-0.15, -0.1) is 0 Å². The van der Waals surface area contributed by atoms with Gasteiger partial charge in [-0.2, -0.15) is 0 Å². The van der Waals surface area contributed by atoms with E-state index in [0.29, 0.717) is 50.3 Å². The minimum absolute atomic E-state index is 0.0517. The Labute approximate surface area is 236 Å². The zero-order valence-electron chi connectivity index (χ0n) is 23.8. The van der Waals surface area contributed by atoms with Gasteiger partial charge >= 0.3 is 6.09 Å². The molecule has 0 bridgehead atoms. The molecule has 40 heavy (non-hydrogen) atoms. The van der Waals surface area contributed by atoms with Crippen molar-refractivity contribution < 1.29 is 19.1 Å². The van der Waals surface area contributed by atoms with Crippen molar-refractivity contribution >= 4 is 23.9 Å². The SMILES string of the molecule is CC(=O)N1CCC(OC(=O)N(CCCN2CC3CN(C(=O)c4c(C)cccc4C)CC3C2)c2ncccn2)CC1. The van der Waals surface area contributed by atoms with E-state index in [1.165, 1.54) is 4.90 Å². The Kier molecular flexibility index (Phi) is 8.63. The molecule has 1 aromatic heterocycles. The zero-order valence-corrected chi connectivity index (χ0v) is 23.8. The number of aromatic nitrogens is 2. The van der Waals surface area contributed by atoms with Gasteiger partial charge in [-0.3, -0.25) is 9.59 Å². The third-order valence-corrected chi connectivity index (χ3v) is 8.57. The van der Waals surface area contributed by atoms with Gasteiger partial charge in [0.25, 0.3) is 5.91 Å². The molecule has 0 aliphatic carbocycles. The summed E-state index contributed by atoms with van der Waals surface area (Å²) in [5.41, 5.74) is 2.92. The van der Waals surface area contributed by atoms with Crippen LogP contribution in [0.2, 0.25) is 0 Å². The molecule has 5 rings (SSSR count). The molecule has 4 heterocycles. The van der Waals surface area contributed by atoms with E-state index in [4.69, 9.17) is 4.74 Å². The van der Waals surface area contributed by atoms with Crippen molar-refractivity contribution in [2.45, 2.75) is 46.1 Å². The fourth-order valence-corrected chi connectivity index (χ4v) is 6.40. The number of likely N-dealkylation sites (tertiary alicyclic amines) is 3. The van der Waals surface area contributed by atoms with E-state index in [1.54, 1.807) is 30.3 Å². The van der Waals surface area contributed by atoms with Gasteiger partial charge < -0.3 is 19.4 Å². The van der Waals surface area contributed by atoms with E-state index >= 15 is 0 Å². The zero-order chi connectivity index (χ0) is 28.2. The van der Waals surface area contributed by atoms with Crippen LogP contribution in [0.5, 0.6) is 0 Å². The molecule has 3 saturated heterocycles. The van der Waals surface area contributed by atoms with Gasteiger partial charge in [-0.25, -0.2) is 19.7 Å². The fraction of sp³-hybridized carbons (Fsp3) is 0.567. The minimum Gasteiger partial charge on any atom is -0.446 e. The number of piperidine rings is 1. The lowest BCUT2D eigenvalue weighted by molar-refractivity contribution is -0.130. The van der Waals surface area contributed by atoms with Crippen molar-refractivity contribution in [1.82, 2.24) is 24.7 Å². The summed E-state index contributed by atoms with van der Waals surface area (Å²) >= 11 is 0. The summed E-state index contributed by atoms with van der Waals surface area (Å²) < 4.78 is 5.82. The molecule has 0 saturated carbocycles. The molecule has 3 aliphatic rings. The smallest absolute Gasteiger partial charge is 0.416 e. The third-order valence-electron chi connectivity index (χ3n) is 8.57. The Balaban J connectivity index is 1.11. The van der Waals surface area contributed by atoms with Gasteiger partial charge in [0.2, 0.25) is 11.9 Å². The average molecular weight is 549 g/mol. The Hall–Kier alpha value is -3.53. The van der Waals surface area contributed by atoms with Crippen LogP contribution >= 0.6 is 0 Å². The van der Waals surface area contributed by atoms with Gasteiger partial charge in [0.05, 0.1) is 0 Å². The highest BCUT2D eigenvalue weighted by Gasteiger charge is 2.42. The topological polar surface area (TPSA) is 99.2 Å². The number of anilines is 1. The molecule has 10 nitrogen and oxygen atoms in total. The second-order valence-electron chi connectivity index (χ2n) is 11.4. The summed E-state index contributed by atoms with van der Waals surface area (Å²) in [6, 6.07) is 7.75. The Morgan fingerprint density at radius 2 is 1.55 bits per heavy atom. The van der Waals surface area contributed by atoms with E-state index in [0.717, 1.165) is 55.8 Å². The molecule has 0 N–H and O–H groups in total. The molecule has 214 valence electrons. The van der Waals surface area contributed by atoms with E-state index in [9.17, 15) is 14.4 Å². The van der Waals surface area contributed by atoms with Gasteiger partial charge in [0.1, 0.15) is 6.10 Å². The fourth-order valence-electron chi connectivity index (χ4n) is 6.40. The number of hydrogen-bond acceptors (Lipinski definition) is 7. The highest BCUT2D eigenvalue weighted by atomic mass is 16.6. The van der Waals surface area contributed by atoms with Crippen LogP contribution in [0.15, 0.2) is 36.7 Å². The summed E-state index contributed by atoms with van der Waals surface area (Å²) in [5.74, 6) is 1.50. The van der Waals surface area contributed by atoms with Crippen LogP contribution in [0, 0.1) is 25.7 Å². The number of benzene rings is 1. The predicted molar refractivity (Wildman–Crippen MR) is 151 cm³/mol. The number of ether oxygens (including phenoxy) is 1. The molecule has 2 atom stereocenters. The van der Waals surface area contributed by atoms with Crippen molar-refractivity contribution in [2.75, 3.05) is 57.3 Å². The number of nitrogens with zero attached hydrogens (tertiary/aromatic N) is 6. The quantitative estimate of drug-likeness (QED) is 0.524. The Bertz CT molecular complexity index is 1180. The van der Waals surface area contributed by atoms with E-state index in [1.807, 2.05) is 36.9 Å². The second kappa shape index (κ2) is 12.3. The standard InChI is InChI=1S/C30H40N6O4/c1-21-7-4-8-22(2)27(21)28(38)35-19-24-17-33(18-25(24)20-35)13-6-14-36(29-31-11-5-12-32-29)30(39)40-26-9-15-34(16-10-26)23(3)37/h4-5,7-8,11-12,24-26H,6,9-10,13-20H2,1-3H3. The van der Waals surface area contributed by atoms with E-state index in [2.05, 4.69) is 14.9 Å². The second-order valence-corrected chi connectivity index (χ2v) is 11.4. The summed E-state index contributed by atoms with van der Waals surface area (Å²) in [6.07, 6.45) is 4.62. The first-order chi connectivity index (χ1) is 19.3. The molecular weight excluding hydrogens is 508 g/mol. The molecule has 2 unspecified atom stereocenters. The maximum atomic E-state index is 13.3. The normalized spacial score (nSPS) is 21.4. The average Bonchev–Trinajstić information content (AvgIpc) is 3.51. The number of fused-ring (bicyclic) bond motifs is 1. The van der Waals surface area contributed by atoms with Gasteiger partial charge in [0, 0.05) is 83.5 Å². The van der Waals surface area contributed by atoms with Crippen molar-refractivity contribution in [3.05, 3.63) is 53.3 Å². The van der Waals surface area contributed by atoms with Crippen molar-refractivity contribution in [2.24, 2.45) is 11.8 Å². The molecule has 2 aromatic rings. The predicted octanol–water partition coefficient (Wildman–Crippen LogP) is 3.14. The molecule has 3 amide bonds. The maximum Gasteiger partial charge on any atom is 0.416 e. The number of carbonyl (C=O) groups excluding carboxylic acids is 3. The first kappa shape index (κ1) is 28.0. The molecular formula is C30H40N6O4. The van der Waals surface area contributed by atoms with Crippen molar-refractivity contribution in [3.63, 3.8) is 0 Å². The van der Waals surface area contributed by atoms with Crippen molar-refractivity contribution in [3.8, 4) is 0 Å². The Morgan fingerprint density at radius 3 is 2.15 bits per heavy atom. The minimum atomic E-state index is -0.439. The van der Waals surface area contributed by atoms with Gasteiger partial charge in [-0.05, 0) is 55.8 Å². The number of carbonyl (C=O) groups is 3. The number of amides is 3. The molecule has 10 heteroatoms. The highest BCUT2D eigenvalue weighted by Crippen LogP contribution is 2.32. The number of hydrogen-bond donors (Lipinski definition) is 0. The van der Waals surface area contributed by atoms with Crippen LogP contribution in [-0.4, -0.2) is 101 Å². The monoisotopic (exact) mass is 548 g/mol. The van der Waals surface area contributed by atoms with Crippen LogP contribution in [0.25, 0.3) is 0 Å². The van der Waals surface area contributed by atoms with Crippen molar-refractivity contribution in [1.29, 1.82) is 0 Å². The number of rotatable bonds is 7. The summed E-state index contributed by atoms with van der Waals surface area (Å²) in [6.45, 7) is 11.6. The van der Waals surface area contributed by atoms with Gasteiger partial charge in [-0.1, -0.05) is 18.2 Å².